The van der Waals surface area contributed by atoms with Gasteiger partial charge in [0.25, 0.3) is 0 Å². The lowest BCUT2D eigenvalue weighted by Crippen LogP contribution is -2.74. The minimum atomic E-state index is -2.82. The smallest absolute Gasteiger partial charge is 0.235 e. The van der Waals surface area contributed by atoms with Crippen LogP contribution in [0.1, 0.15) is 53.6 Å². The second kappa shape index (κ2) is 10.0. The standard InChI is InChI=1S/C31H34FN3O7/c1-35(2)24-19-11-14-10-18-21(26(37)20(14)28(39)31(19,42)29(40)22(27(24)38)30(33)41)25(36)17-9-13(7-8-16(17)23(18)32)12-34-15-5-3-4-6-15/h7-9,14-15,19-20,22,24,34,36,42H,3-6,10-12H2,1-2H3,(H2,33,41). The number of hydrogen-bond donors (Lipinski definition) is 4. The SMILES string of the molecule is CN(C)C1C(=O)C(C(N)=O)C(=O)C2(O)C(=O)C3C(=O)c4c(c(F)c5ccc(CNC6CCCC6)cc5c4O)CC3CC12. The normalized spacial score (nSPS) is 31.4. The zero-order chi connectivity index (χ0) is 30.2. The Morgan fingerprint density at radius 3 is 2.45 bits per heavy atom. The fraction of sp³-hybridized carbons (Fsp3) is 0.516. The minimum Gasteiger partial charge on any atom is -0.507 e. The Kier molecular flexibility index (Phi) is 6.82. The topological polar surface area (TPSA) is 167 Å². The number of nitrogens with two attached hydrogens (primary N) is 1. The minimum absolute atomic E-state index is 0.0359. The third kappa shape index (κ3) is 3.97. The molecule has 4 aliphatic carbocycles. The first-order valence-electron chi connectivity index (χ1n) is 14.4. The third-order valence-corrected chi connectivity index (χ3v) is 9.98. The predicted molar refractivity (Wildman–Crippen MR) is 148 cm³/mol. The third-order valence-electron chi connectivity index (χ3n) is 9.98. The average molecular weight is 580 g/mol. The molecule has 2 aromatic rings. The molecule has 42 heavy (non-hydrogen) atoms. The van der Waals surface area contributed by atoms with E-state index >= 15 is 4.39 Å². The van der Waals surface area contributed by atoms with Crippen molar-refractivity contribution in [2.24, 2.45) is 29.4 Å². The Bertz CT molecular complexity index is 1570. The highest BCUT2D eigenvalue weighted by molar-refractivity contribution is 6.32. The number of rotatable bonds is 5. The number of fused-ring (bicyclic) bond motifs is 4. The second-order valence-electron chi connectivity index (χ2n) is 12.5. The van der Waals surface area contributed by atoms with Gasteiger partial charge in [-0.05, 0) is 57.3 Å². The van der Waals surface area contributed by atoms with E-state index in [2.05, 4.69) is 5.32 Å². The zero-order valence-corrected chi connectivity index (χ0v) is 23.5. The maximum atomic E-state index is 16.0. The lowest BCUT2D eigenvalue weighted by molar-refractivity contribution is -0.181. The number of phenols is 1. The molecular formula is C31H34FN3O7. The molecule has 6 rings (SSSR count). The molecule has 3 fully saturated rings. The van der Waals surface area contributed by atoms with E-state index in [1.165, 1.54) is 19.0 Å². The van der Waals surface area contributed by atoms with Crippen LogP contribution in [0.2, 0.25) is 0 Å². The van der Waals surface area contributed by atoms with Crippen LogP contribution < -0.4 is 11.1 Å². The number of aromatic hydroxyl groups is 1. The summed E-state index contributed by atoms with van der Waals surface area (Å²) in [6.07, 6.45) is 4.22. The molecule has 5 N–H and O–H groups in total. The molecule has 0 aromatic heterocycles. The maximum Gasteiger partial charge on any atom is 0.235 e. The lowest BCUT2D eigenvalue weighted by Gasteiger charge is -2.52. The highest BCUT2D eigenvalue weighted by Gasteiger charge is 2.69. The van der Waals surface area contributed by atoms with Crippen molar-refractivity contribution < 1.29 is 38.6 Å². The van der Waals surface area contributed by atoms with Crippen molar-refractivity contribution in [3.05, 3.63) is 40.7 Å². The number of carbonyl (C=O) groups is 5. The van der Waals surface area contributed by atoms with Crippen molar-refractivity contribution in [1.29, 1.82) is 0 Å². The van der Waals surface area contributed by atoms with Gasteiger partial charge in [-0.3, -0.25) is 28.9 Å². The van der Waals surface area contributed by atoms with E-state index in [0.29, 0.717) is 12.6 Å². The van der Waals surface area contributed by atoms with Crippen molar-refractivity contribution in [2.45, 2.75) is 62.8 Å². The monoisotopic (exact) mass is 579 g/mol. The summed E-state index contributed by atoms with van der Waals surface area (Å²) >= 11 is 0. The first-order valence-corrected chi connectivity index (χ1v) is 14.4. The Morgan fingerprint density at radius 1 is 1.12 bits per heavy atom. The predicted octanol–water partition coefficient (Wildman–Crippen LogP) is 1.19. The van der Waals surface area contributed by atoms with E-state index in [9.17, 15) is 34.2 Å². The number of primary amides is 1. The van der Waals surface area contributed by atoms with E-state index in [0.717, 1.165) is 31.2 Å². The Labute approximate surface area is 241 Å². The molecule has 6 atom stereocenters. The summed E-state index contributed by atoms with van der Waals surface area (Å²) in [5.74, 6) is -12.3. The van der Waals surface area contributed by atoms with Gasteiger partial charge in [0.15, 0.2) is 34.7 Å². The van der Waals surface area contributed by atoms with Gasteiger partial charge in [0.05, 0.1) is 17.5 Å². The molecule has 2 aromatic carbocycles. The number of nitrogens with one attached hydrogen (secondary N) is 1. The number of carbonyl (C=O) groups excluding carboxylic acids is 5. The fourth-order valence-corrected chi connectivity index (χ4v) is 7.97. The van der Waals surface area contributed by atoms with Crippen molar-refractivity contribution >= 4 is 39.8 Å². The van der Waals surface area contributed by atoms with Crippen LogP contribution in [0.15, 0.2) is 18.2 Å². The van der Waals surface area contributed by atoms with Gasteiger partial charge in [-0.15, -0.1) is 0 Å². The molecule has 6 unspecified atom stereocenters. The molecule has 222 valence electrons. The number of aliphatic hydroxyl groups is 1. The zero-order valence-electron chi connectivity index (χ0n) is 23.5. The van der Waals surface area contributed by atoms with E-state index < -0.39 is 75.9 Å². The maximum absolute atomic E-state index is 16.0. The van der Waals surface area contributed by atoms with Gasteiger partial charge in [0.1, 0.15) is 11.6 Å². The molecule has 4 aliphatic rings. The molecule has 1 amide bonds. The van der Waals surface area contributed by atoms with Crippen LogP contribution in [0.5, 0.6) is 5.75 Å². The molecule has 0 saturated heterocycles. The van der Waals surface area contributed by atoms with E-state index in [-0.39, 0.29) is 34.7 Å². The van der Waals surface area contributed by atoms with Gasteiger partial charge >= 0.3 is 0 Å². The van der Waals surface area contributed by atoms with E-state index in [4.69, 9.17) is 5.73 Å². The highest BCUT2D eigenvalue weighted by Crippen LogP contribution is 2.52. The van der Waals surface area contributed by atoms with Crippen LogP contribution in [0.3, 0.4) is 0 Å². The van der Waals surface area contributed by atoms with Gasteiger partial charge in [-0.25, -0.2) is 4.39 Å². The summed E-state index contributed by atoms with van der Waals surface area (Å²) in [6, 6.07) is 4.14. The average Bonchev–Trinajstić information content (AvgIpc) is 3.46. The summed E-state index contributed by atoms with van der Waals surface area (Å²) in [7, 11) is 3.02. The van der Waals surface area contributed by atoms with Gasteiger partial charge in [0.2, 0.25) is 5.91 Å². The summed E-state index contributed by atoms with van der Waals surface area (Å²) < 4.78 is 16.0. The molecule has 0 bridgehead atoms. The number of phenolic OH excluding ortho intramolecular Hbond substituents is 1. The van der Waals surface area contributed by atoms with Gasteiger partial charge in [-0.1, -0.05) is 25.0 Å². The fourth-order valence-electron chi connectivity index (χ4n) is 7.97. The lowest BCUT2D eigenvalue weighted by atomic mass is 9.52. The van der Waals surface area contributed by atoms with Crippen LogP contribution in [0, 0.1) is 29.5 Å². The summed E-state index contributed by atoms with van der Waals surface area (Å²) in [5, 5.41) is 26.7. The Morgan fingerprint density at radius 2 is 1.81 bits per heavy atom. The number of nitrogens with zero attached hydrogens (tertiary/aromatic N) is 1. The number of ketones is 4. The van der Waals surface area contributed by atoms with Gasteiger partial charge < -0.3 is 21.3 Å². The van der Waals surface area contributed by atoms with Crippen molar-refractivity contribution in [1.82, 2.24) is 10.2 Å². The van der Waals surface area contributed by atoms with Crippen molar-refractivity contribution in [3.63, 3.8) is 0 Å². The molecule has 0 aliphatic heterocycles. The molecule has 10 nitrogen and oxygen atoms in total. The molecule has 0 heterocycles. The Hall–Kier alpha value is -3.54. The number of hydrogen-bond acceptors (Lipinski definition) is 9. The van der Waals surface area contributed by atoms with Crippen LogP contribution in [0.4, 0.5) is 4.39 Å². The van der Waals surface area contributed by atoms with E-state index in [1.807, 2.05) is 0 Å². The van der Waals surface area contributed by atoms with Crippen LogP contribution in [-0.4, -0.2) is 75.9 Å². The number of amides is 1. The van der Waals surface area contributed by atoms with Crippen LogP contribution >= 0.6 is 0 Å². The van der Waals surface area contributed by atoms with Crippen molar-refractivity contribution in [2.75, 3.05) is 14.1 Å². The first kappa shape index (κ1) is 28.6. The molecule has 3 saturated carbocycles. The van der Waals surface area contributed by atoms with Crippen LogP contribution in [-0.2, 0) is 32.1 Å². The number of likely N-dealkylation sites (N-methyl/N-ethyl adjacent to an activating group) is 1. The van der Waals surface area contributed by atoms with Crippen molar-refractivity contribution in [3.8, 4) is 5.75 Å². The van der Waals surface area contributed by atoms with Crippen LogP contribution in [0.25, 0.3) is 10.8 Å². The Balaban J connectivity index is 1.42. The largest absolute Gasteiger partial charge is 0.507 e. The number of Topliss-reactive ketones (excluding diaryl/α,β-unsaturated/α-hetero) is 4. The summed E-state index contributed by atoms with van der Waals surface area (Å²) in [6.45, 7) is 0.499. The quantitative estimate of drug-likeness (QED) is 0.381. The van der Waals surface area contributed by atoms with E-state index in [1.54, 1.807) is 18.2 Å². The molecule has 11 heteroatoms. The summed E-state index contributed by atoms with van der Waals surface area (Å²) in [5.41, 5.74) is 2.95. The van der Waals surface area contributed by atoms with Gasteiger partial charge in [-0.2, -0.15) is 0 Å². The first-order chi connectivity index (χ1) is 19.9. The van der Waals surface area contributed by atoms with Gasteiger partial charge in [0, 0.05) is 34.8 Å². The molecule has 0 spiro atoms. The second-order valence-corrected chi connectivity index (χ2v) is 12.5. The number of benzene rings is 2. The molecule has 0 radical (unpaired) electrons. The highest BCUT2D eigenvalue weighted by atomic mass is 19.1. The molecular weight excluding hydrogens is 545 g/mol. The summed E-state index contributed by atoms with van der Waals surface area (Å²) in [4.78, 5) is 68.0. The number of halogens is 1.